The minimum absolute atomic E-state index is 0.0116. The number of carbonyl (C=O) groups is 1. The summed E-state index contributed by atoms with van der Waals surface area (Å²) in [6.07, 6.45) is -0.489. The summed E-state index contributed by atoms with van der Waals surface area (Å²) in [5.41, 5.74) is 0. The molecule has 1 heterocycles. The Morgan fingerprint density at radius 1 is 1.26 bits per heavy atom. The summed E-state index contributed by atoms with van der Waals surface area (Å²) < 4.78 is 5.81. The molecule has 2 atom stereocenters. The van der Waals surface area contributed by atoms with Crippen molar-refractivity contribution in [2.75, 3.05) is 0 Å². The van der Waals surface area contributed by atoms with Crippen LogP contribution >= 0.6 is 11.6 Å². The average Bonchev–Trinajstić information content (AvgIpc) is 2.31. The van der Waals surface area contributed by atoms with Gasteiger partial charge in [-0.15, -0.1) is 11.6 Å². The van der Waals surface area contributed by atoms with Crippen LogP contribution in [-0.2, 0) is 4.79 Å². The van der Waals surface area contributed by atoms with E-state index in [1.165, 1.54) is 0 Å². The SMILES string of the molecule is CC(C)N1C(=O)[C@@H](Oc2ccccc2)[C@H]1C(C)(C)Cl. The number of halogens is 1. The molecule has 0 N–H and O–H groups in total. The van der Waals surface area contributed by atoms with Gasteiger partial charge in [-0.25, -0.2) is 0 Å². The lowest BCUT2D eigenvalue weighted by Crippen LogP contribution is -2.74. The van der Waals surface area contributed by atoms with Gasteiger partial charge in [0.2, 0.25) is 0 Å². The van der Waals surface area contributed by atoms with E-state index in [0.29, 0.717) is 5.75 Å². The molecule has 1 aromatic rings. The largest absolute Gasteiger partial charge is 0.478 e. The molecule has 19 heavy (non-hydrogen) atoms. The maximum atomic E-state index is 12.2. The van der Waals surface area contributed by atoms with Gasteiger partial charge in [0.1, 0.15) is 5.75 Å². The Bertz CT molecular complexity index is 453. The monoisotopic (exact) mass is 281 g/mol. The van der Waals surface area contributed by atoms with Crippen molar-refractivity contribution in [3.8, 4) is 5.75 Å². The van der Waals surface area contributed by atoms with Crippen LogP contribution in [0.3, 0.4) is 0 Å². The van der Waals surface area contributed by atoms with Crippen LogP contribution in [0, 0.1) is 0 Å². The molecule has 0 aliphatic carbocycles. The Balaban J connectivity index is 2.18. The second kappa shape index (κ2) is 5.04. The van der Waals surface area contributed by atoms with Crippen LogP contribution in [0.15, 0.2) is 30.3 Å². The van der Waals surface area contributed by atoms with E-state index >= 15 is 0 Å². The molecule has 104 valence electrons. The molecular weight excluding hydrogens is 262 g/mol. The quantitative estimate of drug-likeness (QED) is 0.627. The zero-order chi connectivity index (χ0) is 14.2. The average molecular weight is 282 g/mol. The number of nitrogens with zero attached hydrogens (tertiary/aromatic N) is 1. The van der Waals surface area contributed by atoms with Crippen molar-refractivity contribution < 1.29 is 9.53 Å². The first kappa shape index (κ1) is 14.2. The topological polar surface area (TPSA) is 29.5 Å². The van der Waals surface area contributed by atoms with Crippen LogP contribution < -0.4 is 4.74 Å². The highest BCUT2D eigenvalue weighted by atomic mass is 35.5. The molecule has 1 aliphatic heterocycles. The van der Waals surface area contributed by atoms with Gasteiger partial charge in [-0.2, -0.15) is 0 Å². The van der Waals surface area contributed by atoms with Gasteiger partial charge in [-0.05, 0) is 39.8 Å². The van der Waals surface area contributed by atoms with Crippen molar-refractivity contribution in [2.24, 2.45) is 0 Å². The number of para-hydroxylation sites is 1. The highest BCUT2D eigenvalue weighted by molar-refractivity contribution is 6.24. The van der Waals surface area contributed by atoms with Crippen molar-refractivity contribution in [2.45, 2.75) is 50.8 Å². The van der Waals surface area contributed by atoms with Gasteiger partial charge in [-0.1, -0.05) is 18.2 Å². The first-order chi connectivity index (χ1) is 8.82. The summed E-state index contributed by atoms with van der Waals surface area (Å²) in [5, 5.41) is 0. The Kier molecular flexibility index (Phi) is 3.77. The lowest BCUT2D eigenvalue weighted by Gasteiger charge is -2.53. The van der Waals surface area contributed by atoms with E-state index in [4.69, 9.17) is 16.3 Å². The number of benzene rings is 1. The van der Waals surface area contributed by atoms with Crippen LogP contribution in [0.1, 0.15) is 27.7 Å². The van der Waals surface area contributed by atoms with Crippen LogP contribution in [0.5, 0.6) is 5.75 Å². The van der Waals surface area contributed by atoms with Gasteiger partial charge in [0.05, 0.1) is 10.9 Å². The first-order valence-corrected chi connectivity index (χ1v) is 6.93. The molecule has 0 spiro atoms. The molecule has 0 unspecified atom stereocenters. The fourth-order valence-corrected chi connectivity index (χ4v) is 2.73. The molecule has 1 aromatic carbocycles. The van der Waals surface area contributed by atoms with Crippen molar-refractivity contribution >= 4 is 17.5 Å². The number of β-lactam (4-membered cyclic amide) rings is 1. The molecule has 0 aromatic heterocycles. The molecule has 1 aliphatic rings. The highest BCUT2D eigenvalue weighted by Crippen LogP contribution is 2.37. The van der Waals surface area contributed by atoms with Crippen molar-refractivity contribution in [1.29, 1.82) is 0 Å². The highest BCUT2D eigenvalue weighted by Gasteiger charge is 2.56. The molecule has 3 nitrogen and oxygen atoms in total. The van der Waals surface area contributed by atoms with Gasteiger partial charge < -0.3 is 9.64 Å². The molecule has 0 saturated carbocycles. The van der Waals surface area contributed by atoms with Crippen molar-refractivity contribution in [1.82, 2.24) is 4.90 Å². The molecule has 0 bridgehead atoms. The van der Waals surface area contributed by atoms with Gasteiger partial charge in [-0.3, -0.25) is 4.79 Å². The smallest absolute Gasteiger partial charge is 0.266 e. The van der Waals surface area contributed by atoms with Gasteiger partial charge in [0, 0.05) is 6.04 Å². The molecule has 1 fully saturated rings. The van der Waals surface area contributed by atoms with Gasteiger partial charge >= 0.3 is 0 Å². The molecule has 0 radical (unpaired) electrons. The minimum Gasteiger partial charge on any atom is -0.478 e. The lowest BCUT2D eigenvalue weighted by atomic mass is 9.85. The molecular formula is C15H20ClNO2. The number of hydrogen-bond donors (Lipinski definition) is 0. The molecule has 4 heteroatoms. The van der Waals surface area contributed by atoms with Crippen molar-refractivity contribution in [3.05, 3.63) is 30.3 Å². The normalized spacial score (nSPS) is 23.5. The number of alkyl halides is 1. The number of rotatable bonds is 4. The Hall–Kier alpha value is -1.22. The summed E-state index contributed by atoms with van der Waals surface area (Å²) >= 11 is 6.43. The van der Waals surface area contributed by atoms with Gasteiger partial charge in [0.15, 0.2) is 6.10 Å². The summed E-state index contributed by atoms with van der Waals surface area (Å²) in [5.74, 6) is 0.716. The summed E-state index contributed by atoms with van der Waals surface area (Å²) in [7, 11) is 0. The fraction of sp³-hybridized carbons (Fsp3) is 0.533. The van der Waals surface area contributed by atoms with Crippen molar-refractivity contribution in [3.63, 3.8) is 0 Å². The fourth-order valence-electron chi connectivity index (χ4n) is 2.51. The Labute approximate surface area is 119 Å². The van der Waals surface area contributed by atoms with E-state index in [2.05, 4.69) is 0 Å². The van der Waals surface area contributed by atoms with E-state index in [0.717, 1.165) is 0 Å². The summed E-state index contributed by atoms with van der Waals surface area (Å²) in [4.78, 5) is 13.5. The van der Waals surface area contributed by atoms with Gasteiger partial charge in [0.25, 0.3) is 5.91 Å². The number of likely N-dealkylation sites (tertiary alicyclic amines) is 1. The molecule has 1 amide bonds. The molecule has 1 saturated heterocycles. The third kappa shape index (κ3) is 2.71. The van der Waals surface area contributed by atoms with E-state index in [-0.39, 0.29) is 18.0 Å². The maximum absolute atomic E-state index is 12.2. The predicted octanol–water partition coefficient (Wildman–Crippen LogP) is 3.07. The first-order valence-electron chi connectivity index (χ1n) is 6.55. The Morgan fingerprint density at radius 3 is 2.32 bits per heavy atom. The number of amides is 1. The maximum Gasteiger partial charge on any atom is 0.266 e. The summed E-state index contributed by atoms with van der Waals surface area (Å²) in [6, 6.07) is 9.42. The molecule has 2 rings (SSSR count). The zero-order valence-corrected chi connectivity index (χ0v) is 12.5. The van der Waals surface area contributed by atoms with E-state index in [1.54, 1.807) is 4.90 Å². The van der Waals surface area contributed by atoms with Crippen LogP contribution in [0.25, 0.3) is 0 Å². The Morgan fingerprint density at radius 2 is 1.84 bits per heavy atom. The standard InChI is InChI=1S/C15H20ClNO2/c1-10(2)17-13(15(3,4)16)12(14(17)18)19-11-8-6-5-7-9-11/h5-10,12-13H,1-4H3/t12-,13-/m0/s1. The lowest BCUT2D eigenvalue weighted by molar-refractivity contribution is -0.169. The number of ether oxygens (including phenoxy) is 1. The number of hydrogen-bond acceptors (Lipinski definition) is 2. The zero-order valence-electron chi connectivity index (χ0n) is 11.8. The second-order valence-electron chi connectivity index (χ2n) is 5.70. The van der Waals surface area contributed by atoms with E-state index in [1.807, 2.05) is 58.0 Å². The third-order valence-corrected chi connectivity index (χ3v) is 3.57. The predicted molar refractivity (Wildman–Crippen MR) is 76.6 cm³/mol. The summed E-state index contributed by atoms with van der Waals surface area (Å²) in [6.45, 7) is 7.82. The van der Waals surface area contributed by atoms with Crippen LogP contribution in [-0.4, -0.2) is 33.9 Å². The van der Waals surface area contributed by atoms with Crippen LogP contribution in [0.4, 0.5) is 0 Å². The third-order valence-electron chi connectivity index (χ3n) is 3.35. The minimum atomic E-state index is -0.516. The second-order valence-corrected chi connectivity index (χ2v) is 6.67. The number of carbonyl (C=O) groups excluding carboxylic acids is 1. The van der Waals surface area contributed by atoms with E-state index in [9.17, 15) is 4.79 Å². The van der Waals surface area contributed by atoms with E-state index < -0.39 is 11.0 Å². The van der Waals surface area contributed by atoms with Crippen LogP contribution in [0.2, 0.25) is 0 Å².